The average Bonchev–Trinajstić information content (AvgIpc) is 2.86. The van der Waals surface area contributed by atoms with Gasteiger partial charge in [0.2, 0.25) is 0 Å². The summed E-state index contributed by atoms with van der Waals surface area (Å²) >= 11 is 1.83. The van der Waals surface area contributed by atoms with Gasteiger partial charge in [-0.15, -0.1) is 11.3 Å². The molecule has 0 saturated heterocycles. The molecule has 4 aromatic rings. The van der Waals surface area contributed by atoms with Crippen molar-refractivity contribution in [3.8, 4) is 11.1 Å². The molecule has 1 nitrogen and oxygen atoms in total. The summed E-state index contributed by atoms with van der Waals surface area (Å²) in [5.74, 6) is 0. The maximum Gasteiger partial charge on any atom is 0.0362 e. The summed E-state index contributed by atoms with van der Waals surface area (Å²) in [7, 11) is 0. The Kier molecular flexibility index (Phi) is 2.35. The minimum atomic E-state index is 1.16. The van der Waals surface area contributed by atoms with Gasteiger partial charge in [0.25, 0.3) is 0 Å². The number of fused-ring (bicyclic) bond motifs is 3. The lowest BCUT2D eigenvalue weighted by Crippen LogP contribution is -1.80. The van der Waals surface area contributed by atoms with Crippen molar-refractivity contribution in [2.75, 3.05) is 0 Å². The van der Waals surface area contributed by atoms with E-state index in [2.05, 4.69) is 41.4 Å². The average molecular weight is 260 g/mol. The lowest BCUT2D eigenvalue weighted by Gasteiger charge is -2.03. The Morgan fingerprint density at radius 2 is 1.74 bits per heavy atom. The van der Waals surface area contributed by atoms with E-state index < -0.39 is 0 Å². The fraction of sp³-hybridized carbons (Fsp3) is 0. The molecular formula is C17H10NS. The maximum atomic E-state index is 4.09. The Hall–Kier alpha value is -2.19. The first-order chi connectivity index (χ1) is 9.43. The normalized spacial score (nSPS) is 11.2. The molecular weight excluding hydrogens is 250 g/mol. The van der Waals surface area contributed by atoms with Gasteiger partial charge in [0.05, 0.1) is 0 Å². The predicted octanol–water partition coefficient (Wildman–Crippen LogP) is 4.92. The molecule has 2 heteroatoms. The summed E-state index contributed by atoms with van der Waals surface area (Å²) in [4.78, 5) is 4.09. The van der Waals surface area contributed by atoms with Crippen LogP contribution in [0.1, 0.15) is 0 Å². The van der Waals surface area contributed by atoms with Crippen LogP contribution in [0.4, 0.5) is 0 Å². The number of rotatable bonds is 1. The minimum Gasteiger partial charge on any atom is -0.265 e. The molecule has 89 valence electrons. The van der Waals surface area contributed by atoms with Gasteiger partial charge in [-0.1, -0.05) is 24.3 Å². The molecule has 0 aliphatic rings. The number of aromatic nitrogens is 1. The third kappa shape index (κ3) is 1.65. The Balaban J connectivity index is 2.17. The van der Waals surface area contributed by atoms with E-state index in [0.717, 1.165) is 5.56 Å². The second kappa shape index (κ2) is 4.18. The highest BCUT2D eigenvalue weighted by Crippen LogP contribution is 2.39. The zero-order valence-electron chi connectivity index (χ0n) is 10.1. The standard InChI is InChI=1S/C17H10NS/c1-2-6-15-14(4-1)17-13(5-3-7-16(17)19-15)12-8-10-18-11-9-12/h1-4,6-11H. The highest BCUT2D eigenvalue weighted by atomic mass is 32.1. The molecule has 2 aromatic carbocycles. The van der Waals surface area contributed by atoms with E-state index in [-0.39, 0.29) is 0 Å². The first kappa shape index (κ1) is 10.7. The van der Waals surface area contributed by atoms with E-state index in [4.69, 9.17) is 0 Å². The molecule has 19 heavy (non-hydrogen) atoms. The van der Waals surface area contributed by atoms with Crippen molar-refractivity contribution >= 4 is 31.5 Å². The third-order valence-electron chi connectivity index (χ3n) is 3.30. The van der Waals surface area contributed by atoms with Gasteiger partial charge in [-0.25, -0.2) is 0 Å². The van der Waals surface area contributed by atoms with Crippen molar-refractivity contribution < 1.29 is 0 Å². The van der Waals surface area contributed by atoms with Gasteiger partial charge in [0.15, 0.2) is 0 Å². The van der Waals surface area contributed by atoms with Gasteiger partial charge >= 0.3 is 0 Å². The predicted molar refractivity (Wildman–Crippen MR) is 81.4 cm³/mol. The number of hydrogen-bond donors (Lipinski definition) is 0. The summed E-state index contributed by atoms with van der Waals surface area (Å²) in [5, 5.41) is 2.61. The number of nitrogens with zero attached hydrogens (tertiary/aromatic N) is 1. The fourth-order valence-electron chi connectivity index (χ4n) is 2.46. The van der Waals surface area contributed by atoms with Gasteiger partial charge in [-0.2, -0.15) is 0 Å². The topological polar surface area (TPSA) is 12.9 Å². The van der Waals surface area contributed by atoms with Crippen LogP contribution in [-0.4, -0.2) is 4.98 Å². The van der Waals surface area contributed by atoms with Crippen molar-refractivity contribution in [1.82, 2.24) is 4.98 Å². The van der Waals surface area contributed by atoms with Crippen LogP contribution in [0.2, 0.25) is 0 Å². The molecule has 2 aromatic heterocycles. The zero-order valence-corrected chi connectivity index (χ0v) is 10.9. The first-order valence-electron chi connectivity index (χ1n) is 6.16. The van der Waals surface area contributed by atoms with Crippen molar-refractivity contribution in [2.24, 2.45) is 0 Å². The molecule has 0 amide bonds. The summed E-state index contributed by atoms with van der Waals surface area (Å²) in [6.07, 6.45) is 3.66. The van der Waals surface area contributed by atoms with Crippen molar-refractivity contribution in [1.29, 1.82) is 0 Å². The molecule has 0 aliphatic carbocycles. The second-order valence-corrected chi connectivity index (χ2v) is 5.51. The van der Waals surface area contributed by atoms with Gasteiger partial charge < -0.3 is 0 Å². The number of benzene rings is 2. The lowest BCUT2D eigenvalue weighted by atomic mass is 10.0. The smallest absolute Gasteiger partial charge is 0.0362 e. The highest BCUT2D eigenvalue weighted by Gasteiger charge is 2.10. The minimum absolute atomic E-state index is 1.16. The lowest BCUT2D eigenvalue weighted by molar-refractivity contribution is 1.33. The van der Waals surface area contributed by atoms with E-state index in [1.807, 2.05) is 41.9 Å². The number of hydrogen-bond acceptors (Lipinski definition) is 2. The molecule has 0 saturated carbocycles. The second-order valence-electron chi connectivity index (χ2n) is 4.43. The monoisotopic (exact) mass is 260 g/mol. The van der Waals surface area contributed by atoms with Crippen LogP contribution in [0.25, 0.3) is 31.3 Å². The third-order valence-corrected chi connectivity index (χ3v) is 4.44. The van der Waals surface area contributed by atoms with E-state index in [1.165, 1.54) is 25.7 Å². The van der Waals surface area contributed by atoms with E-state index in [9.17, 15) is 0 Å². The fourth-order valence-corrected chi connectivity index (χ4v) is 3.57. The van der Waals surface area contributed by atoms with Crippen LogP contribution < -0.4 is 0 Å². The molecule has 0 fully saturated rings. The highest BCUT2D eigenvalue weighted by molar-refractivity contribution is 7.25. The molecule has 0 aliphatic heterocycles. The summed E-state index contributed by atoms with van der Waals surface area (Å²) < 4.78 is 2.64. The molecule has 0 unspecified atom stereocenters. The van der Waals surface area contributed by atoms with Crippen molar-refractivity contribution in [2.45, 2.75) is 0 Å². The van der Waals surface area contributed by atoms with Crippen LogP contribution in [0.15, 0.2) is 60.9 Å². The zero-order chi connectivity index (χ0) is 12.7. The molecule has 0 spiro atoms. The van der Waals surface area contributed by atoms with Gasteiger partial charge in [0.1, 0.15) is 0 Å². The van der Waals surface area contributed by atoms with E-state index in [0.29, 0.717) is 0 Å². The SMILES string of the molecule is [c]1ccc2sc3ccccc3c2c1-c1ccncc1. The molecule has 0 N–H and O–H groups in total. The van der Waals surface area contributed by atoms with Crippen LogP contribution in [0, 0.1) is 6.07 Å². The molecule has 4 rings (SSSR count). The van der Waals surface area contributed by atoms with Gasteiger partial charge in [0, 0.05) is 32.6 Å². The Labute approximate surface area is 115 Å². The molecule has 0 bridgehead atoms. The van der Waals surface area contributed by atoms with E-state index in [1.54, 1.807) is 0 Å². The number of pyridine rings is 1. The largest absolute Gasteiger partial charge is 0.265 e. The van der Waals surface area contributed by atoms with E-state index >= 15 is 0 Å². The van der Waals surface area contributed by atoms with Gasteiger partial charge in [-0.05, 0) is 41.5 Å². The van der Waals surface area contributed by atoms with Crippen LogP contribution >= 0.6 is 11.3 Å². The van der Waals surface area contributed by atoms with Crippen molar-refractivity contribution in [3.63, 3.8) is 0 Å². The maximum absolute atomic E-state index is 4.09. The van der Waals surface area contributed by atoms with Crippen LogP contribution in [0.3, 0.4) is 0 Å². The van der Waals surface area contributed by atoms with Crippen molar-refractivity contribution in [3.05, 3.63) is 67.0 Å². The first-order valence-corrected chi connectivity index (χ1v) is 6.97. The molecule has 1 radical (unpaired) electrons. The number of thiophene rings is 1. The Bertz CT molecular complexity index is 862. The summed E-state index contributed by atoms with van der Waals surface area (Å²) in [5.41, 5.74) is 2.33. The van der Waals surface area contributed by atoms with Crippen LogP contribution in [-0.2, 0) is 0 Å². The van der Waals surface area contributed by atoms with Gasteiger partial charge in [-0.3, -0.25) is 4.98 Å². The Morgan fingerprint density at radius 1 is 0.895 bits per heavy atom. The van der Waals surface area contributed by atoms with Crippen LogP contribution in [0.5, 0.6) is 0 Å². The Morgan fingerprint density at radius 3 is 2.63 bits per heavy atom. The molecule has 2 heterocycles. The quantitative estimate of drug-likeness (QED) is 0.473. The molecule has 0 atom stereocenters. The summed E-state index contributed by atoms with van der Waals surface area (Å²) in [6, 6.07) is 20.2. The summed E-state index contributed by atoms with van der Waals surface area (Å²) in [6.45, 7) is 0.